The van der Waals surface area contributed by atoms with E-state index in [1.165, 1.54) is 24.3 Å². The Hall–Kier alpha value is -1.42. The first-order valence-electron chi connectivity index (χ1n) is 5.73. The van der Waals surface area contributed by atoms with E-state index >= 15 is 0 Å². The van der Waals surface area contributed by atoms with E-state index in [-0.39, 0.29) is 0 Å². The lowest BCUT2D eigenvalue weighted by Crippen LogP contribution is -2.34. The Bertz CT molecular complexity index is 407. The summed E-state index contributed by atoms with van der Waals surface area (Å²) in [4.78, 5) is 11.4. The molecule has 4 heteroatoms. The van der Waals surface area contributed by atoms with Gasteiger partial charge in [0, 0.05) is 0 Å². The molecule has 1 aromatic rings. The first-order chi connectivity index (χ1) is 8.06. The fraction of sp³-hybridized carbons (Fsp3) is 0.462. The van der Waals surface area contributed by atoms with Gasteiger partial charge in [-0.05, 0) is 30.5 Å². The van der Waals surface area contributed by atoms with Crippen LogP contribution in [0.2, 0.25) is 0 Å². The van der Waals surface area contributed by atoms with Crippen molar-refractivity contribution in [3.63, 3.8) is 0 Å². The number of aliphatic carboxylic acids is 1. The summed E-state index contributed by atoms with van der Waals surface area (Å²) in [6.07, 6.45) is 1.50. The third kappa shape index (κ3) is 2.05. The van der Waals surface area contributed by atoms with Crippen molar-refractivity contribution in [2.75, 3.05) is 0 Å². The van der Waals surface area contributed by atoms with Crippen molar-refractivity contribution in [3.8, 4) is 0 Å². The fourth-order valence-electron chi connectivity index (χ4n) is 2.57. The van der Waals surface area contributed by atoms with Crippen LogP contribution >= 0.6 is 0 Å². The summed E-state index contributed by atoms with van der Waals surface area (Å²) in [6.45, 7) is 0. The molecule has 1 aliphatic carbocycles. The summed E-state index contributed by atoms with van der Waals surface area (Å²) in [5, 5.41) is 19.5. The van der Waals surface area contributed by atoms with Gasteiger partial charge in [-0.1, -0.05) is 25.0 Å². The van der Waals surface area contributed by atoms with Crippen molar-refractivity contribution in [2.24, 2.45) is 5.41 Å². The molecule has 92 valence electrons. The molecule has 0 heterocycles. The van der Waals surface area contributed by atoms with Crippen LogP contribution in [0.15, 0.2) is 24.3 Å². The summed E-state index contributed by atoms with van der Waals surface area (Å²) in [5.41, 5.74) is -0.631. The molecule has 1 fully saturated rings. The van der Waals surface area contributed by atoms with Crippen LogP contribution in [0.25, 0.3) is 0 Å². The molecule has 0 bridgehead atoms. The number of hydrogen-bond acceptors (Lipinski definition) is 2. The van der Waals surface area contributed by atoms with Crippen LogP contribution < -0.4 is 0 Å². The Kier molecular flexibility index (Phi) is 3.15. The van der Waals surface area contributed by atoms with Crippen LogP contribution in [0.5, 0.6) is 0 Å². The van der Waals surface area contributed by atoms with Crippen molar-refractivity contribution >= 4 is 5.97 Å². The monoisotopic (exact) mass is 238 g/mol. The highest BCUT2D eigenvalue weighted by Gasteiger charge is 2.47. The minimum absolute atomic E-state index is 0.392. The fourth-order valence-corrected chi connectivity index (χ4v) is 2.57. The maximum atomic E-state index is 12.8. The minimum atomic E-state index is -1.10. The van der Waals surface area contributed by atoms with E-state index in [0.717, 1.165) is 12.8 Å². The third-order valence-electron chi connectivity index (χ3n) is 3.63. The number of benzene rings is 1. The van der Waals surface area contributed by atoms with Crippen molar-refractivity contribution in [3.05, 3.63) is 35.6 Å². The smallest absolute Gasteiger partial charge is 0.312 e. The molecule has 1 aromatic carbocycles. The van der Waals surface area contributed by atoms with Gasteiger partial charge in [0.25, 0.3) is 0 Å². The van der Waals surface area contributed by atoms with Crippen molar-refractivity contribution in [1.82, 2.24) is 0 Å². The molecule has 1 unspecified atom stereocenters. The number of aliphatic hydroxyl groups excluding tert-OH is 1. The van der Waals surface area contributed by atoms with Gasteiger partial charge in [-0.25, -0.2) is 4.39 Å². The van der Waals surface area contributed by atoms with E-state index in [4.69, 9.17) is 0 Å². The maximum absolute atomic E-state index is 12.8. The minimum Gasteiger partial charge on any atom is -0.481 e. The van der Waals surface area contributed by atoms with Crippen LogP contribution in [0.4, 0.5) is 4.39 Å². The summed E-state index contributed by atoms with van der Waals surface area (Å²) in [7, 11) is 0. The van der Waals surface area contributed by atoms with Crippen LogP contribution in [-0.4, -0.2) is 16.2 Å². The topological polar surface area (TPSA) is 57.5 Å². The Morgan fingerprint density at radius 3 is 2.24 bits per heavy atom. The van der Waals surface area contributed by atoms with E-state index < -0.39 is 23.3 Å². The van der Waals surface area contributed by atoms with E-state index in [9.17, 15) is 19.4 Å². The van der Waals surface area contributed by atoms with E-state index in [1.54, 1.807) is 0 Å². The lowest BCUT2D eigenvalue weighted by atomic mass is 9.77. The highest BCUT2D eigenvalue weighted by atomic mass is 19.1. The number of carbonyl (C=O) groups is 1. The summed E-state index contributed by atoms with van der Waals surface area (Å²) < 4.78 is 12.8. The number of carboxylic acid groups (broad SMARTS) is 1. The number of halogens is 1. The van der Waals surface area contributed by atoms with E-state index in [2.05, 4.69) is 0 Å². The van der Waals surface area contributed by atoms with E-state index in [1.807, 2.05) is 0 Å². The van der Waals surface area contributed by atoms with Gasteiger partial charge in [-0.15, -0.1) is 0 Å². The van der Waals surface area contributed by atoms with Gasteiger partial charge < -0.3 is 10.2 Å². The molecule has 0 aromatic heterocycles. The lowest BCUT2D eigenvalue weighted by molar-refractivity contribution is -0.156. The molecule has 17 heavy (non-hydrogen) atoms. The van der Waals surface area contributed by atoms with Crippen molar-refractivity contribution in [2.45, 2.75) is 31.8 Å². The Morgan fingerprint density at radius 2 is 1.76 bits per heavy atom. The average Bonchev–Trinajstić information content (AvgIpc) is 2.79. The first-order valence-corrected chi connectivity index (χ1v) is 5.73. The molecule has 2 N–H and O–H groups in total. The highest BCUT2D eigenvalue weighted by Crippen LogP contribution is 2.47. The molecule has 1 saturated carbocycles. The molecule has 0 amide bonds. The molecule has 1 aliphatic rings. The Morgan fingerprint density at radius 1 is 1.24 bits per heavy atom. The zero-order valence-electron chi connectivity index (χ0n) is 9.40. The Labute approximate surface area is 98.9 Å². The second-order valence-corrected chi connectivity index (χ2v) is 4.62. The van der Waals surface area contributed by atoms with Crippen LogP contribution in [0, 0.1) is 11.2 Å². The highest BCUT2D eigenvalue weighted by molar-refractivity contribution is 5.76. The molecule has 0 spiro atoms. The zero-order valence-corrected chi connectivity index (χ0v) is 9.40. The van der Waals surface area contributed by atoms with Gasteiger partial charge in [0.2, 0.25) is 0 Å². The van der Waals surface area contributed by atoms with Gasteiger partial charge in [-0.2, -0.15) is 0 Å². The number of hydrogen-bond donors (Lipinski definition) is 2. The predicted molar refractivity (Wildman–Crippen MR) is 59.9 cm³/mol. The Balaban J connectivity index is 2.31. The van der Waals surface area contributed by atoms with Gasteiger partial charge >= 0.3 is 5.97 Å². The van der Waals surface area contributed by atoms with Crippen LogP contribution in [0.1, 0.15) is 37.4 Å². The van der Waals surface area contributed by atoms with Gasteiger partial charge in [0.1, 0.15) is 5.82 Å². The zero-order chi connectivity index (χ0) is 12.5. The molecule has 0 aliphatic heterocycles. The molecule has 1 atom stereocenters. The summed E-state index contributed by atoms with van der Waals surface area (Å²) >= 11 is 0. The van der Waals surface area contributed by atoms with Crippen LogP contribution in [0.3, 0.4) is 0 Å². The summed E-state index contributed by atoms with van der Waals surface area (Å²) in [5.74, 6) is -1.36. The van der Waals surface area contributed by atoms with Gasteiger partial charge in [-0.3, -0.25) is 4.79 Å². The predicted octanol–water partition coefficient (Wildman–Crippen LogP) is 2.50. The largest absolute Gasteiger partial charge is 0.481 e. The lowest BCUT2D eigenvalue weighted by Gasteiger charge is -2.29. The molecule has 3 nitrogen and oxygen atoms in total. The van der Waals surface area contributed by atoms with Crippen LogP contribution in [-0.2, 0) is 4.79 Å². The second-order valence-electron chi connectivity index (χ2n) is 4.62. The standard InChI is InChI=1S/C13H15FO3/c14-10-5-3-9(4-6-10)11(15)13(12(16)17)7-1-2-8-13/h3-6,11,15H,1-2,7-8H2,(H,16,17). The SMILES string of the molecule is O=C(O)C1(C(O)c2ccc(F)cc2)CCCC1. The normalized spacial score (nSPS) is 20.1. The molecule has 2 rings (SSSR count). The number of carboxylic acids is 1. The number of rotatable bonds is 3. The number of aliphatic hydroxyl groups is 1. The quantitative estimate of drug-likeness (QED) is 0.850. The molecule has 0 radical (unpaired) electrons. The third-order valence-corrected chi connectivity index (χ3v) is 3.63. The van der Waals surface area contributed by atoms with Gasteiger partial charge in [0.05, 0.1) is 11.5 Å². The van der Waals surface area contributed by atoms with Gasteiger partial charge in [0.15, 0.2) is 0 Å². The second kappa shape index (κ2) is 4.45. The van der Waals surface area contributed by atoms with Crippen molar-refractivity contribution < 1.29 is 19.4 Å². The molecular formula is C13H15FO3. The first kappa shape index (κ1) is 12.0. The average molecular weight is 238 g/mol. The maximum Gasteiger partial charge on any atom is 0.312 e. The van der Waals surface area contributed by atoms with Crippen molar-refractivity contribution in [1.29, 1.82) is 0 Å². The summed E-state index contributed by atoms with van der Waals surface area (Å²) in [6, 6.07) is 5.37. The van der Waals surface area contributed by atoms with E-state index in [0.29, 0.717) is 18.4 Å². The molecule has 0 saturated heterocycles. The molecular weight excluding hydrogens is 223 g/mol.